The highest BCUT2D eigenvalue weighted by molar-refractivity contribution is 5.98. The van der Waals surface area contributed by atoms with Gasteiger partial charge in [-0.3, -0.25) is 9.99 Å². The second-order valence-corrected chi connectivity index (χ2v) is 6.84. The van der Waals surface area contributed by atoms with E-state index in [2.05, 4.69) is 45.6 Å². The maximum atomic E-state index is 5.23. The summed E-state index contributed by atoms with van der Waals surface area (Å²) < 4.78 is 5.23. The van der Waals surface area contributed by atoms with Crippen molar-refractivity contribution in [1.82, 2.24) is 4.98 Å². The molecule has 1 aliphatic heterocycles. The molecule has 0 aliphatic carbocycles. The molecule has 4 rings (SSSR count). The molecule has 0 bridgehead atoms. The van der Waals surface area contributed by atoms with Crippen LogP contribution in [0.5, 0.6) is 5.75 Å². The van der Waals surface area contributed by atoms with E-state index in [-0.39, 0.29) is 0 Å². The van der Waals surface area contributed by atoms with Gasteiger partial charge in [0.15, 0.2) is 0 Å². The van der Waals surface area contributed by atoms with Gasteiger partial charge in [0.1, 0.15) is 11.6 Å². The standard InChI is InChI=1S/C23H24N4O/c1-28-22-13-10-19(11-14-22)25-23-16-21(12-9-18-6-5-15-24-17-18)27(26-23)20-7-3-2-4-8-20/h2-8,10-11,13-15,17,21H,9,12,16H2,1H3,(H,25,26). The smallest absolute Gasteiger partial charge is 0.129 e. The van der Waals surface area contributed by atoms with E-state index in [4.69, 9.17) is 9.84 Å². The van der Waals surface area contributed by atoms with E-state index in [1.807, 2.05) is 48.8 Å². The third-order valence-electron chi connectivity index (χ3n) is 4.89. The average Bonchev–Trinajstić information content (AvgIpc) is 3.17. The molecule has 5 nitrogen and oxygen atoms in total. The molecule has 3 aromatic rings. The van der Waals surface area contributed by atoms with E-state index in [0.717, 1.165) is 42.2 Å². The van der Waals surface area contributed by atoms with Crippen LogP contribution in [-0.4, -0.2) is 24.0 Å². The number of nitrogens with zero attached hydrogens (tertiary/aromatic N) is 3. The highest BCUT2D eigenvalue weighted by atomic mass is 16.5. The number of pyridine rings is 1. The third kappa shape index (κ3) is 4.31. The molecule has 0 spiro atoms. The SMILES string of the molecule is COc1ccc(NC2=NN(c3ccccc3)C(CCc3cccnc3)C2)cc1. The normalized spacial score (nSPS) is 16.0. The van der Waals surface area contributed by atoms with E-state index >= 15 is 0 Å². The Labute approximate surface area is 165 Å². The molecule has 1 aromatic heterocycles. The number of methoxy groups -OCH3 is 1. The van der Waals surface area contributed by atoms with Crippen molar-refractivity contribution in [2.75, 3.05) is 17.4 Å². The van der Waals surface area contributed by atoms with Crippen molar-refractivity contribution in [3.05, 3.63) is 84.7 Å². The molecule has 1 unspecified atom stereocenters. The minimum absolute atomic E-state index is 0.309. The van der Waals surface area contributed by atoms with Crippen LogP contribution in [0, 0.1) is 0 Å². The van der Waals surface area contributed by atoms with Gasteiger partial charge in [-0.25, -0.2) is 0 Å². The Morgan fingerprint density at radius 3 is 2.57 bits per heavy atom. The Morgan fingerprint density at radius 2 is 1.86 bits per heavy atom. The lowest BCUT2D eigenvalue weighted by molar-refractivity contribution is 0.415. The van der Waals surface area contributed by atoms with E-state index in [1.54, 1.807) is 7.11 Å². The minimum atomic E-state index is 0.309. The summed E-state index contributed by atoms with van der Waals surface area (Å²) in [6.45, 7) is 0. The third-order valence-corrected chi connectivity index (χ3v) is 4.89. The molecule has 2 heterocycles. The zero-order valence-corrected chi connectivity index (χ0v) is 16.0. The first-order valence-electron chi connectivity index (χ1n) is 9.53. The summed E-state index contributed by atoms with van der Waals surface area (Å²) in [7, 11) is 1.67. The van der Waals surface area contributed by atoms with Crippen LogP contribution in [0.4, 0.5) is 11.4 Å². The van der Waals surface area contributed by atoms with Gasteiger partial charge in [0.2, 0.25) is 0 Å². The van der Waals surface area contributed by atoms with Crippen LogP contribution in [0.25, 0.3) is 0 Å². The summed E-state index contributed by atoms with van der Waals surface area (Å²) in [5, 5.41) is 10.5. The fraction of sp³-hybridized carbons (Fsp3) is 0.217. The van der Waals surface area contributed by atoms with Crippen molar-refractivity contribution in [3.63, 3.8) is 0 Å². The zero-order valence-electron chi connectivity index (χ0n) is 16.0. The fourth-order valence-corrected chi connectivity index (χ4v) is 3.43. The lowest BCUT2D eigenvalue weighted by Crippen LogP contribution is -2.27. The number of nitrogens with one attached hydrogen (secondary N) is 1. The number of hydrogen-bond acceptors (Lipinski definition) is 5. The van der Waals surface area contributed by atoms with Crippen LogP contribution >= 0.6 is 0 Å². The number of para-hydroxylation sites is 1. The number of hydrazone groups is 1. The molecule has 2 aromatic carbocycles. The van der Waals surface area contributed by atoms with Gasteiger partial charge in [0.05, 0.1) is 18.8 Å². The molecule has 0 radical (unpaired) electrons. The molecular formula is C23H24N4O. The molecular weight excluding hydrogens is 348 g/mol. The number of benzene rings is 2. The number of anilines is 2. The summed E-state index contributed by atoms with van der Waals surface area (Å²) in [6, 6.07) is 22.7. The van der Waals surface area contributed by atoms with Crippen molar-refractivity contribution in [2.45, 2.75) is 25.3 Å². The molecule has 0 fully saturated rings. The second kappa shape index (κ2) is 8.57. The maximum Gasteiger partial charge on any atom is 0.129 e. The van der Waals surface area contributed by atoms with Gasteiger partial charge in [0, 0.05) is 24.5 Å². The average molecular weight is 372 g/mol. The topological polar surface area (TPSA) is 49.8 Å². The van der Waals surface area contributed by atoms with Crippen molar-refractivity contribution in [1.29, 1.82) is 0 Å². The van der Waals surface area contributed by atoms with Gasteiger partial charge < -0.3 is 10.1 Å². The Balaban J connectivity index is 1.49. The number of amidine groups is 1. The molecule has 5 heteroatoms. The molecule has 0 saturated carbocycles. The second-order valence-electron chi connectivity index (χ2n) is 6.84. The van der Waals surface area contributed by atoms with E-state index in [0.29, 0.717) is 6.04 Å². The van der Waals surface area contributed by atoms with Crippen molar-refractivity contribution < 1.29 is 4.74 Å². The molecule has 28 heavy (non-hydrogen) atoms. The van der Waals surface area contributed by atoms with Gasteiger partial charge in [0.25, 0.3) is 0 Å². The van der Waals surface area contributed by atoms with Gasteiger partial charge in [-0.15, -0.1) is 0 Å². The van der Waals surface area contributed by atoms with E-state index in [9.17, 15) is 0 Å². The number of rotatable bonds is 6. The lowest BCUT2D eigenvalue weighted by atomic mass is 10.0. The number of aryl methyl sites for hydroxylation is 1. The largest absolute Gasteiger partial charge is 0.497 e. The Hall–Kier alpha value is -3.34. The van der Waals surface area contributed by atoms with Crippen LogP contribution in [0.2, 0.25) is 0 Å². The van der Waals surface area contributed by atoms with Crippen molar-refractivity contribution >= 4 is 17.2 Å². The van der Waals surface area contributed by atoms with Crippen LogP contribution in [-0.2, 0) is 6.42 Å². The first-order valence-corrected chi connectivity index (χ1v) is 9.53. The lowest BCUT2D eigenvalue weighted by Gasteiger charge is -2.23. The van der Waals surface area contributed by atoms with Gasteiger partial charge in [-0.05, 0) is 60.9 Å². The Kier molecular flexibility index (Phi) is 5.52. The Bertz CT molecular complexity index is 910. The van der Waals surface area contributed by atoms with Crippen molar-refractivity contribution in [3.8, 4) is 5.75 Å². The van der Waals surface area contributed by atoms with Crippen LogP contribution in [0.1, 0.15) is 18.4 Å². The summed E-state index contributed by atoms with van der Waals surface area (Å²) in [6.07, 6.45) is 6.63. The fourth-order valence-electron chi connectivity index (χ4n) is 3.43. The van der Waals surface area contributed by atoms with E-state index < -0.39 is 0 Å². The van der Waals surface area contributed by atoms with Crippen LogP contribution in [0.3, 0.4) is 0 Å². The first-order chi connectivity index (χ1) is 13.8. The molecule has 142 valence electrons. The zero-order chi connectivity index (χ0) is 19.2. The summed E-state index contributed by atoms with van der Waals surface area (Å²) >= 11 is 0. The highest BCUT2D eigenvalue weighted by Gasteiger charge is 2.27. The molecule has 0 saturated heterocycles. The quantitative estimate of drug-likeness (QED) is 0.680. The Morgan fingerprint density at radius 1 is 1.04 bits per heavy atom. The van der Waals surface area contributed by atoms with Crippen molar-refractivity contribution in [2.24, 2.45) is 5.10 Å². The number of ether oxygens (including phenoxy) is 1. The molecule has 1 atom stereocenters. The van der Waals surface area contributed by atoms with Gasteiger partial charge >= 0.3 is 0 Å². The maximum absolute atomic E-state index is 5.23. The summed E-state index contributed by atoms with van der Waals surface area (Å²) in [4.78, 5) is 4.23. The van der Waals surface area contributed by atoms with Crippen LogP contribution < -0.4 is 15.1 Å². The predicted octanol–water partition coefficient (Wildman–Crippen LogP) is 4.73. The van der Waals surface area contributed by atoms with Gasteiger partial charge in [-0.1, -0.05) is 24.3 Å². The number of aromatic nitrogens is 1. The summed E-state index contributed by atoms with van der Waals surface area (Å²) in [5.41, 5.74) is 3.39. The molecule has 0 amide bonds. The highest BCUT2D eigenvalue weighted by Crippen LogP contribution is 2.28. The van der Waals surface area contributed by atoms with Gasteiger partial charge in [-0.2, -0.15) is 5.10 Å². The molecule has 1 aliphatic rings. The molecule has 1 N–H and O–H groups in total. The number of hydrogen-bond donors (Lipinski definition) is 1. The van der Waals surface area contributed by atoms with E-state index in [1.165, 1.54) is 5.56 Å². The monoisotopic (exact) mass is 372 g/mol. The summed E-state index contributed by atoms with van der Waals surface area (Å²) in [5.74, 6) is 1.82. The first kappa shape index (κ1) is 18.0. The predicted molar refractivity (Wildman–Crippen MR) is 114 cm³/mol. The minimum Gasteiger partial charge on any atom is -0.497 e. The van der Waals surface area contributed by atoms with Crippen LogP contribution in [0.15, 0.2) is 84.2 Å².